The molecule has 0 aromatic carbocycles. The van der Waals surface area contributed by atoms with Crippen molar-refractivity contribution in [2.45, 2.75) is 13.8 Å². The molecule has 8 heavy (non-hydrogen) atoms. The topological polar surface area (TPSA) is 37.3 Å². The molecule has 3 heteroatoms. The van der Waals surface area contributed by atoms with Gasteiger partial charge in [-0.05, 0) is 13.8 Å². The largest absolute Gasteiger partial charge is 2.00 e. The standard InChI is InChI=1S/C5H8O2.Ni/c1-4(6)3-5(2)7;/h3,6H,1-2H3;/q;+2/b4-3-;. The smallest absolute Gasteiger partial charge is 0.512 e. The molecule has 0 rings (SSSR count). The molecule has 0 amide bonds. The molecule has 0 atom stereocenters. The minimum Gasteiger partial charge on any atom is -0.512 e. The van der Waals surface area contributed by atoms with Crippen molar-refractivity contribution in [1.82, 2.24) is 0 Å². The van der Waals surface area contributed by atoms with Crippen LogP contribution in [0.5, 0.6) is 0 Å². The normalized spacial score (nSPS) is 10.0. The van der Waals surface area contributed by atoms with Gasteiger partial charge in [-0.2, -0.15) is 0 Å². The molecule has 0 fully saturated rings. The zero-order valence-corrected chi connectivity index (χ0v) is 5.74. The molecule has 0 unspecified atom stereocenters. The van der Waals surface area contributed by atoms with Gasteiger partial charge in [-0.1, -0.05) is 0 Å². The van der Waals surface area contributed by atoms with E-state index in [1.54, 1.807) is 0 Å². The van der Waals surface area contributed by atoms with Gasteiger partial charge in [0.25, 0.3) is 0 Å². The molecule has 48 valence electrons. The number of carbonyl (C=O) groups excluding carboxylic acids is 1. The van der Waals surface area contributed by atoms with Crippen LogP contribution in [0.1, 0.15) is 13.8 Å². The molecule has 0 aliphatic heterocycles. The van der Waals surface area contributed by atoms with Crippen molar-refractivity contribution in [2.75, 3.05) is 0 Å². The van der Waals surface area contributed by atoms with Crippen LogP contribution >= 0.6 is 0 Å². The summed E-state index contributed by atoms with van der Waals surface area (Å²) in [6.07, 6.45) is 1.17. The SMILES string of the molecule is CC(=O)/C=C(/C)O.[Ni+2]. The number of allylic oxidation sites excluding steroid dienone is 2. The average molecular weight is 159 g/mol. The summed E-state index contributed by atoms with van der Waals surface area (Å²) in [7, 11) is 0. The van der Waals surface area contributed by atoms with Crippen molar-refractivity contribution in [2.24, 2.45) is 0 Å². The summed E-state index contributed by atoms with van der Waals surface area (Å²) in [5.41, 5.74) is 0. The van der Waals surface area contributed by atoms with E-state index in [2.05, 4.69) is 0 Å². The fourth-order valence-corrected chi connectivity index (χ4v) is 0.294. The van der Waals surface area contributed by atoms with Crippen LogP contribution in [-0.4, -0.2) is 10.9 Å². The molecule has 0 radical (unpaired) electrons. The quantitative estimate of drug-likeness (QED) is 0.352. The molecule has 0 aromatic heterocycles. The van der Waals surface area contributed by atoms with Crippen molar-refractivity contribution >= 4 is 5.78 Å². The second kappa shape index (κ2) is 4.85. The van der Waals surface area contributed by atoms with Crippen molar-refractivity contribution in [3.63, 3.8) is 0 Å². The Bertz CT molecular complexity index is 103. The number of aliphatic hydroxyl groups excluding tert-OH is 1. The Morgan fingerprint density at radius 3 is 1.88 bits per heavy atom. The van der Waals surface area contributed by atoms with E-state index < -0.39 is 0 Å². The number of hydrogen-bond acceptors (Lipinski definition) is 2. The fourth-order valence-electron chi connectivity index (χ4n) is 0.294. The monoisotopic (exact) mass is 158 g/mol. The minimum absolute atomic E-state index is 0. The number of carbonyl (C=O) groups is 1. The Morgan fingerprint density at radius 1 is 1.50 bits per heavy atom. The van der Waals surface area contributed by atoms with Crippen LogP contribution in [0.4, 0.5) is 0 Å². The van der Waals surface area contributed by atoms with Crippen molar-refractivity contribution in [1.29, 1.82) is 0 Å². The zero-order valence-electron chi connectivity index (χ0n) is 4.75. The molecule has 0 heterocycles. The fraction of sp³-hybridized carbons (Fsp3) is 0.400. The van der Waals surface area contributed by atoms with Gasteiger partial charge in [-0.3, -0.25) is 4.79 Å². The van der Waals surface area contributed by atoms with E-state index in [4.69, 9.17) is 5.11 Å². The third-order valence-electron chi connectivity index (χ3n) is 0.412. The Balaban J connectivity index is 0. The molecular weight excluding hydrogens is 151 g/mol. The average Bonchev–Trinajstić information content (AvgIpc) is 1.27. The first-order valence-electron chi connectivity index (χ1n) is 2.01. The Kier molecular flexibility index (Phi) is 6.46. The Morgan fingerprint density at radius 2 is 1.88 bits per heavy atom. The van der Waals surface area contributed by atoms with Crippen molar-refractivity contribution in [3.05, 3.63) is 11.8 Å². The predicted molar refractivity (Wildman–Crippen MR) is 27.1 cm³/mol. The van der Waals surface area contributed by atoms with E-state index in [0.717, 1.165) is 0 Å². The van der Waals surface area contributed by atoms with Gasteiger partial charge in [0, 0.05) is 6.08 Å². The summed E-state index contributed by atoms with van der Waals surface area (Å²) in [6.45, 7) is 2.85. The van der Waals surface area contributed by atoms with Crippen molar-refractivity contribution < 1.29 is 26.4 Å². The van der Waals surface area contributed by atoms with Gasteiger partial charge in [-0.15, -0.1) is 0 Å². The van der Waals surface area contributed by atoms with E-state index in [9.17, 15) is 4.79 Å². The molecular formula is C5H8NiO2+2. The molecule has 0 saturated heterocycles. The van der Waals surface area contributed by atoms with Gasteiger partial charge in [0.1, 0.15) is 0 Å². The number of aliphatic hydroxyl groups is 1. The first-order valence-corrected chi connectivity index (χ1v) is 2.01. The van der Waals surface area contributed by atoms with Gasteiger partial charge >= 0.3 is 16.5 Å². The van der Waals surface area contributed by atoms with Crippen LogP contribution < -0.4 is 0 Å². The first kappa shape index (κ1) is 10.6. The van der Waals surface area contributed by atoms with E-state index in [1.165, 1.54) is 19.9 Å². The summed E-state index contributed by atoms with van der Waals surface area (Å²) in [5, 5.41) is 8.36. The second-order valence-electron chi connectivity index (χ2n) is 1.40. The maximum absolute atomic E-state index is 10.0. The Labute approximate surface area is 58.5 Å². The number of rotatable bonds is 1. The number of ketones is 1. The van der Waals surface area contributed by atoms with E-state index >= 15 is 0 Å². The molecule has 2 nitrogen and oxygen atoms in total. The summed E-state index contributed by atoms with van der Waals surface area (Å²) in [5.74, 6) is -0.0625. The van der Waals surface area contributed by atoms with Crippen LogP contribution in [0.25, 0.3) is 0 Å². The van der Waals surface area contributed by atoms with Crippen LogP contribution in [0, 0.1) is 0 Å². The van der Waals surface area contributed by atoms with Crippen LogP contribution in [-0.2, 0) is 21.3 Å². The van der Waals surface area contributed by atoms with Gasteiger partial charge in [0.05, 0.1) is 5.76 Å². The summed E-state index contributed by atoms with van der Waals surface area (Å²) < 4.78 is 0. The minimum atomic E-state index is -0.125. The molecule has 0 aliphatic rings. The van der Waals surface area contributed by atoms with Crippen LogP contribution in [0.3, 0.4) is 0 Å². The zero-order chi connectivity index (χ0) is 5.86. The maximum Gasteiger partial charge on any atom is 2.00 e. The third-order valence-corrected chi connectivity index (χ3v) is 0.412. The van der Waals surface area contributed by atoms with Crippen LogP contribution in [0.15, 0.2) is 11.8 Å². The maximum atomic E-state index is 10.0. The first-order chi connectivity index (χ1) is 3.13. The second-order valence-corrected chi connectivity index (χ2v) is 1.40. The van der Waals surface area contributed by atoms with Gasteiger partial charge < -0.3 is 5.11 Å². The summed E-state index contributed by atoms with van der Waals surface area (Å²) >= 11 is 0. The molecule has 1 N–H and O–H groups in total. The van der Waals surface area contributed by atoms with Gasteiger partial charge in [0.15, 0.2) is 5.78 Å². The van der Waals surface area contributed by atoms with E-state index in [0.29, 0.717) is 0 Å². The van der Waals surface area contributed by atoms with Gasteiger partial charge in [-0.25, -0.2) is 0 Å². The van der Waals surface area contributed by atoms with Crippen molar-refractivity contribution in [3.8, 4) is 0 Å². The molecule has 0 aliphatic carbocycles. The van der Waals surface area contributed by atoms with Crippen LogP contribution in [0.2, 0.25) is 0 Å². The van der Waals surface area contributed by atoms with Gasteiger partial charge in [0.2, 0.25) is 0 Å². The molecule has 0 aromatic rings. The molecule has 0 bridgehead atoms. The Hall–Kier alpha value is -0.296. The molecule has 0 saturated carbocycles. The third kappa shape index (κ3) is 9.20. The number of hydrogen-bond donors (Lipinski definition) is 1. The molecule has 0 spiro atoms. The van der Waals surface area contributed by atoms with E-state index in [1.807, 2.05) is 0 Å². The summed E-state index contributed by atoms with van der Waals surface area (Å²) in [4.78, 5) is 10.0. The summed E-state index contributed by atoms with van der Waals surface area (Å²) in [6, 6.07) is 0. The predicted octanol–water partition coefficient (Wildman–Crippen LogP) is 1.03. The van der Waals surface area contributed by atoms with E-state index in [-0.39, 0.29) is 28.0 Å².